The van der Waals surface area contributed by atoms with Gasteiger partial charge in [-0.1, -0.05) is 0 Å². The van der Waals surface area contributed by atoms with Crippen LogP contribution in [-0.4, -0.2) is 49.0 Å². The third-order valence-corrected chi connectivity index (χ3v) is 2.16. The summed E-state index contributed by atoms with van der Waals surface area (Å²) in [7, 11) is 1.56. The summed E-state index contributed by atoms with van der Waals surface area (Å²) in [5, 5.41) is 11.8. The molecule has 0 aromatic carbocycles. The Morgan fingerprint density at radius 2 is 2.44 bits per heavy atom. The third-order valence-electron chi connectivity index (χ3n) is 2.16. The van der Waals surface area contributed by atoms with Crippen molar-refractivity contribution in [3.63, 3.8) is 0 Å². The highest BCUT2D eigenvalue weighted by Crippen LogP contribution is 2.11. The van der Waals surface area contributed by atoms with E-state index in [-0.39, 0.29) is 31.0 Å². The molecule has 0 saturated heterocycles. The summed E-state index contributed by atoms with van der Waals surface area (Å²) in [4.78, 5) is 15.3. The number of hydrogen-bond acceptors (Lipinski definition) is 7. The Labute approximate surface area is 105 Å². The van der Waals surface area contributed by atoms with E-state index in [9.17, 15) is 4.79 Å². The first-order valence-corrected chi connectivity index (χ1v) is 5.70. The number of aromatic nitrogens is 1. The first-order valence-electron chi connectivity index (χ1n) is 5.70. The van der Waals surface area contributed by atoms with Crippen molar-refractivity contribution in [1.82, 2.24) is 4.98 Å². The Balaban J connectivity index is 2.58. The largest absolute Gasteiger partial charge is 0.461 e. The zero-order valence-electron chi connectivity index (χ0n) is 10.5. The zero-order valence-corrected chi connectivity index (χ0v) is 10.5. The summed E-state index contributed by atoms with van der Waals surface area (Å²) in [5.74, 6) is -0.528. The van der Waals surface area contributed by atoms with E-state index in [1.165, 1.54) is 6.26 Å². The lowest BCUT2D eigenvalue weighted by molar-refractivity contribution is 0.0519. The maximum atomic E-state index is 11.4. The van der Waals surface area contributed by atoms with Gasteiger partial charge in [0.2, 0.25) is 0 Å². The Morgan fingerprint density at radius 3 is 3.06 bits per heavy atom. The van der Waals surface area contributed by atoms with Gasteiger partial charge in [0.1, 0.15) is 6.26 Å². The van der Waals surface area contributed by atoms with Gasteiger partial charge in [0.25, 0.3) is 6.01 Å². The van der Waals surface area contributed by atoms with Crippen LogP contribution in [0.15, 0.2) is 10.7 Å². The number of oxazole rings is 1. The molecule has 1 atom stereocenters. The van der Waals surface area contributed by atoms with Gasteiger partial charge in [-0.15, -0.1) is 0 Å². The molecule has 0 saturated carbocycles. The smallest absolute Gasteiger partial charge is 0.360 e. The molecule has 0 bridgehead atoms. The molecule has 0 aliphatic carbocycles. The van der Waals surface area contributed by atoms with Crippen molar-refractivity contribution in [2.45, 2.75) is 19.4 Å². The fourth-order valence-electron chi connectivity index (χ4n) is 1.37. The van der Waals surface area contributed by atoms with E-state index in [2.05, 4.69) is 10.3 Å². The van der Waals surface area contributed by atoms with E-state index in [1.807, 2.05) is 0 Å². The molecule has 1 aromatic heterocycles. The maximum Gasteiger partial charge on any atom is 0.360 e. The highest BCUT2D eigenvalue weighted by atomic mass is 16.5. The van der Waals surface area contributed by atoms with E-state index in [4.69, 9.17) is 19.0 Å². The van der Waals surface area contributed by atoms with Crippen molar-refractivity contribution in [2.24, 2.45) is 0 Å². The number of carbonyl (C=O) groups excluding carboxylic acids is 1. The molecule has 102 valence electrons. The van der Waals surface area contributed by atoms with Gasteiger partial charge in [-0.25, -0.2) is 4.79 Å². The number of ether oxygens (including phenoxy) is 2. The average molecular weight is 258 g/mol. The van der Waals surface area contributed by atoms with Crippen molar-refractivity contribution in [3.05, 3.63) is 12.0 Å². The summed E-state index contributed by atoms with van der Waals surface area (Å²) in [6, 6.07) is 0.0715. The van der Waals surface area contributed by atoms with Crippen LogP contribution in [0, 0.1) is 0 Å². The second-order valence-corrected chi connectivity index (χ2v) is 3.57. The molecule has 2 N–H and O–H groups in total. The van der Waals surface area contributed by atoms with Gasteiger partial charge in [-0.05, 0) is 13.3 Å². The molecule has 0 spiro atoms. The van der Waals surface area contributed by atoms with Crippen LogP contribution in [0.3, 0.4) is 0 Å². The average Bonchev–Trinajstić information content (AvgIpc) is 2.78. The molecule has 1 rings (SSSR count). The number of nitrogens with one attached hydrogen (secondary N) is 1. The van der Waals surface area contributed by atoms with E-state index in [0.29, 0.717) is 13.0 Å². The van der Waals surface area contributed by atoms with Gasteiger partial charge >= 0.3 is 5.97 Å². The van der Waals surface area contributed by atoms with Crippen molar-refractivity contribution in [2.75, 3.05) is 32.2 Å². The number of rotatable bonds is 8. The Hall–Kier alpha value is -1.60. The van der Waals surface area contributed by atoms with Crippen LogP contribution in [-0.2, 0) is 9.47 Å². The van der Waals surface area contributed by atoms with Crippen molar-refractivity contribution in [3.8, 4) is 0 Å². The first kappa shape index (κ1) is 14.5. The highest BCUT2D eigenvalue weighted by molar-refractivity contribution is 5.87. The summed E-state index contributed by atoms with van der Waals surface area (Å²) in [5.41, 5.74) is 0.111. The number of aliphatic hydroxyl groups is 1. The molecule has 0 aliphatic heterocycles. The molecule has 7 nitrogen and oxygen atoms in total. The lowest BCUT2D eigenvalue weighted by Gasteiger charge is -2.14. The summed E-state index contributed by atoms with van der Waals surface area (Å²) in [6.07, 6.45) is 1.72. The quantitative estimate of drug-likeness (QED) is 0.661. The predicted molar refractivity (Wildman–Crippen MR) is 63.4 cm³/mol. The standard InChI is InChI=1S/C11H18N2O5/c1-3-17-10(15)9-7-18-11(13-9)12-8(4-5-14)6-16-2/h7-8,14H,3-6H2,1-2H3,(H,12,13). The summed E-state index contributed by atoms with van der Waals surface area (Å²) >= 11 is 0. The number of hydrogen-bond donors (Lipinski definition) is 2. The van der Waals surface area contributed by atoms with Crippen molar-refractivity contribution >= 4 is 12.0 Å². The molecule has 1 heterocycles. The summed E-state index contributed by atoms with van der Waals surface area (Å²) in [6.45, 7) is 2.42. The predicted octanol–water partition coefficient (Wildman–Crippen LogP) is 0.661. The second-order valence-electron chi connectivity index (χ2n) is 3.57. The van der Waals surface area contributed by atoms with Gasteiger partial charge < -0.3 is 24.3 Å². The number of methoxy groups -OCH3 is 1. The molecular weight excluding hydrogens is 240 g/mol. The van der Waals surface area contributed by atoms with Crippen LogP contribution in [0.1, 0.15) is 23.8 Å². The van der Waals surface area contributed by atoms with Crippen LogP contribution in [0.2, 0.25) is 0 Å². The highest BCUT2D eigenvalue weighted by Gasteiger charge is 2.15. The van der Waals surface area contributed by atoms with Crippen molar-refractivity contribution in [1.29, 1.82) is 0 Å². The zero-order chi connectivity index (χ0) is 13.4. The number of aliphatic hydroxyl groups excluding tert-OH is 1. The molecule has 0 aliphatic rings. The van der Waals surface area contributed by atoms with E-state index >= 15 is 0 Å². The van der Waals surface area contributed by atoms with Crippen LogP contribution in [0.4, 0.5) is 6.01 Å². The maximum absolute atomic E-state index is 11.4. The molecule has 18 heavy (non-hydrogen) atoms. The van der Waals surface area contributed by atoms with Gasteiger partial charge in [0.05, 0.1) is 19.3 Å². The van der Waals surface area contributed by atoms with E-state index < -0.39 is 5.97 Å². The third kappa shape index (κ3) is 4.34. The Morgan fingerprint density at radius 1 is 1.67 bits per heavy atom. The SMILES string of the molecule is CCOC(=O)c1coc(NC(CCO)COC)n1. The van der Waals surface area contributed by atoms with Crippen molar-refractivity contribution < 1.29 is 23.8 Å². The van der Waals surface area contributed by atoms with Crippen LogP contribution >= 0.6 is 0 Å². The minimum absolute atomic E-state index is 0.0203. The number of carbonyl (C=O) groups is 1. The lowest BCUT2D eigenvalue weighted by Crippen LogP contribution is -2.26. The monoisotopic (exact) mass is 258 g/mol. The number of nitrogens with zero attached hydrogens (tertiary/aromatic N) is 1. The molecule has 1 aromatic rings. The van der Waals surface area contributed by atoms with Gasteiger partial charge in [-0.3, -0.25) is 0 Å². The fourth-order valence-corrected chi connectivity index (χ4v) is 1.37. The topological polar surface area (TPSA) is 93.8 Å². The number of anilines is 1. The molecule has 0 amide bonds. The normalized spacial score (nSPS) is 12.2. The van der Waals surface area contributed by atoms with Crippen LogP contribution < -0.4 is 5.32 Å². The van der Waals surface area contributed by atoms with Gasteiger partial charge in [-0.2, -0.15) is 4.98 Å². The Bertz CT molecular complexity index is 360. The van der Waals surface area contributed by atoms with Crippen LogP contribution in [0.5, 0.6) is 0 Å². The lowest BCUT2D eigenvalue weighted by atomic mass is 10.2. The van der Waals surface area contributed by atoms with E-state index in [0.717, 1.165) is 0 Å². The fraction of sp³-hybridized carbons (Fsp3) is 0.636. The van der Waals surface area contributed by atoms with E-state index in [1.54, 1.807) is 14.0 Å². The van der Waals surface area contributed by atoms with Gasteiger partial charge in [0.15, 0.2) is 5.69 Å². The number of esters is 1. The van der Waals surface area contributed by atoms with Gasteiger partial charge in [0, 0.05) is 13.7 Å². The molecule has 0 fully saturated rings. The van der Waals surface area contributed by atoms with Crippen LogP contribution in [0.25, 0.3) is 0 Å². The molecular formula is C11H18N2O5. The first-order chi connectivity index (χ1) is 8.71. The second kappa shape index (κ2) is 7.67. The molecule has 0 radical (unpaired) electrons. The Kier molecular flexibility index (Phi) is 6.16. The minimum Gasteiger partial charge on any atom is -0.461 e. The molecule has 1 unspecified atom stereocenters. The molecule has 7 heteroatoms. The minimum atomic E-state index is -0.528. The summed E-state index contributed by atoms with van der Waals surface area (Å²) < 4.78 is 14.9.